The SMILES string of the molecule is CNc1nc(Nc2ccc([N+](=O)[O-])cc2)cc(-c2ccccn2)n1. The van der Waals surface area contributed by atoms with E-state index >= 15 is 0 Å². The van der Waals surface area contributed by atoms with E-state index in [1.807, 2.05) is 18.2 Å². The van der Waals surface area contributed by atoms with Gasteiger partial charge in [-0.2, -0.15) is 4.98 Å². The second-order valence-corrected chi connectivity index (χ2v) is 4.86. The molecule has 0 bridgehead atoms. The molecule has 2 heterocycles. The predicted molar refractivity (Wildman–Crippen MR) is 91.2 cm³/mol. The van der Waals surface area contributed by atoms with Gasteiger partial charge in [0.2, 0.25) is 5.95 Å². The minimum Gasteiger partial charge on any atom is -0.357 e. The molecule has 0 radical (unpaired) electrons. The van der Waals surface area contributed by atoms with Crippen LogP contribution >= 0.6 is 0 Å². The molecule has 0 unspecified atom stereocenters. The highest BCUT2D eigenvalue weighted by Gasteiger charge is 2.08. The molecular formula is C16H14N6O2. The third-order valence-corrected chi connectivity index (χ3v) is 3.23. The summed E-state index contributed by atoms with van der Waals surface area (Å²) in [4.78, 5) is 23.3. The second kappa shape index (κ2) is 6.69. The molecule has 0 aliphatic heterocycles. The number of aromatic nitrogens is 3. The van der Waals surface area contributed by atoms with Gasteiger partial charge in [-0.15, -0.1) is 0 Å². The molecular weight excluding hydrogens is 308 g/mol. The summed E-state index contributed by atoms with van der Waals surface area (Å²) >= 11 is 0. The minimum absolute atomic E-state index is 0.0355. The van der Waals surface area contributed by atoms with Crippen molar-refractivity contribution in [1.82, 2.24) is 15.0 Å². The minimum atomic E-state index is -0.438. The van der Waals surface area contributed by atoms with Crippen molar-refractivity contribution < 1.29 is 4.92 Å². The summed E-state index contributed by atoms with van der Waals surface area (Å²) in [6, 6.07) is 13.5. The van der Waals surface area contributed by atoms with E-state index in [0.29, 0.717) is 23.1 Å². The topological polar surface area (TPSA) is 106 Å². The number of nitro groups is 1. The van der Waals surface area contributed by atoms with E-state index < -0.39 is 4.92 Å². The second-order valence-electron chi connectivity index (χ2n) is 4.86. The van der Waals surface area contributed by atoms with Crippen molar-refractivity contribution in [3.63, 3.8) is 0 Å². The maximum Gasteiger partial charge on any atom is 0.269 e. The number of rotatable bonds is 5. The molecule has 0 aliphatic rings. The molecule has 8 heteroatoms. The van der Waals surface area contributed by atoms with Crippen LogP contribution in [0.2, 0.25) is 0 Å². The summed E-state index contributed by atoms with van der Waals surface area (Å²) in [6.07, 6.45) is 1.69. The summed E-state index contributed by atoms with van der Waals surface area (Å²) in [7, 11) is 1.73. The summed E-state index contributed by atoms with van der Waals surface area (Å²) in [5.41, 5.74) is 2.11. The third-order valence-electron chi connectivity index (χ3n) is 3.23. The Bertz CT molecular complexity index is 852. The Kier molecular flexibility index (Phi) is 4.28. The van der Waals surface area contributed by atoms with Gasteiger partial charge in [-0.05, 0) is 24.3 Å². The Labute approximate surface area is 137 Å². The van der Waals surface area contributed by atoms with Crippen LogP contribution in [0.15, 0.2) is 54.7 Å². The van der Waals surface area contributed by atoms with Crippen molar-refractivity contribution >= 4 is 23.1 Å². The predicted octanol–water partition coefficient (Wildman–Crippen LogP) is 3.23. The number of hydrogen-bond acceptors (Lipinski definition) is 7. The number of nitrogens with one attached hydrogen (secondary N) is 2. The number of hydrogen-bond donors (Lipinski definition) is 2. The van der Waals surface area contributed by atoms with Crippen LogP contribution in [0.25, 0.3) is 11.4 Å². The zero-order valence-corrected chi connectivity index (χ0v) is 12.8. The number of nitrogens with zero attached hydrogens (tertiary/aromatic N) is 4. The van der Waals surface area contributed by atoms with E-state index in [-0.39, 0.29) is 5.69 Å². The Morgan fingerprint density at radius 1 is 1.04 bits per heavy atom. The molecule has 2 aromatic heterocycles. The van der Waals surface area contributed by atoms with Crippen molar-refractivity contribution in [3.05, 3.63) is 64.8 Å². The van der Waals surface area contributed by atoms with Crippen LogP contribution in [0, 0.1) is 10.1 Å². The lowest BCUT2D eigenvalue weighted by molar-refractivity contribution is -0.384. The fourth-order valence-electron chi connectivity index (χ4n) is 2.08. The lowest BCUT2D eigenvalue weighted by Crippen LogP contribution is -2.02. The van der Waals surface area contributed by atoms with Crippen molar-refractivity contribution in [3.8, 4) is 11.4 Å². The van der Waals surface area contributed by atoms with Gasteiger partial charge in [0.1, 0.15) is 5.82 Å². The number of pyridine rings is 1. The first-order valence-electron chi connectivity index (χ1n) is 7.15. The highest BCUT2D eigenvalue weighted by Crippen LogP contribution is 2.23. The number of nitro benzene ring substituents is 1. The Hall–Kier alpha value is -3.55. The first kappa shape index (κ1) is 15.3. The number of non-ortho nitro benzene ring substituents is 1. The van der Waals surface area contributed by atoms with Gasteiger partial charge in [-0.3, -0.25) is 15.1 Å². The standard InChI is InChI=1S/C16H14N6O2/c1-17-16-20-14(13-4-2-3-9-18-13)10-15(21-16)19-11-5-7-12(8-6-11)22(23)24/h2-10H,1H3,(H2,17,19,20,21). The summed E-state index contributed by atoms with van der Waals surface area (Å²) in [5.74, 6) is 1.01. The highest BCUT2D eigenvalue weighted by molar-refractivity contribution is 5.65. The van der Waals surface area contributed by atoms with E-state index in [9.17, 15) is 10.1 Å². The van der Waals surface area contributed by atoms with Crippen LogP contribution in [0.1, 0.15) is 0 Å². The number of benzene rings is 1. The largest absolute Gasteiger partial charge is 0.357 e. The van der Waals surface area contributed by atoms with E-state index in [1.54, 1.807) is 31.4 Å². The van der Waals surface area contributed by atoms with Crippen molar-refractivity contribution in [2.24, 2.45) is 0 Å². The van der Waals surface area contributed by atoms with Crippen LogP contribution in [-0.4, -0.2) is 26.9 Å². The fourth-order valence-corrected chi connectivity index (χ4v) is 2.08. The molecule has 0 aliphatic carbocycles. The van der Waals surface area contributed by atoms with E-state index in [4.69, 9.17) is 0 Å². The fraction of sp³-hybridized carbons (Fsp3) is 0.0625. The van der Waals surface area contributed by atoms with Crippen LogP contribution in [-0.2, 0) is 0 Å². The first-order valence-corrected chi connectivity index (χ1v) is 7.15. The molecule has 0 fully saturated rings. The molecule has 0 amide bonds. The van der Waals surface area contributed by atoms with Crippen LogP contribution in [0.5, 0.6) is 0 Å². The normalized spacial score (nSPS) is 10.2. The Balaban J connectivity index is 1.91. The molecule has 120 valence electrons. The van der Waals surface area contributed by atoms with Crippen LogP contribution < -0.4 is 10.6 Å². The molecule has 8 nitrogen and oxygen atoms in total. The zero-order chi connectivity index (χ0) is 16.9. The average Bonchev–Trinajstić information content (AvgIpc) is 2.62. The first-order chi connectivity index (χ1) is 11.7. The van der Waals surface area contributed by atoms with Gasteiger partial charge in [0.25, 0.3) is 5.69 Å². The maximum absolute atomic E-state index is 10.7. The quantitative estimate of drug-likeness (QED) is 0.548. The molecule has 3 aromatic rings. The summed E-state index contributed by atoms with van der Waals surface area (Å²) in [5, 5.41) is 16.7. The summed E-state index contributed by atoms with van der Waals surface area (Å²) in [6.45, 7) is 0. The summed E-state index contributed by atoms with van der Waals surface area (Å²) < 4.78 is 0. The third kappa shape index (κ3) is 3.43. The smallest absolute Gasteiger partial charge is 0.269 e. The van der Waals surface area contributed by atoms with Crippen LogP contribution in [0.3, 0.4) is 0 Å². The molecule has 0 saturated carbocycles. The van der Waals surface area contributed by atoms with E-state index in [0.717, 1.165) is 5.69 Å². The van der Waals surface area contributed by atoms with Gasteiger partial charge in [0, 0.05) is 37.1 Å². The Morgan fingerprint density at radius 3 is 2.46 bits per heavy atom. The zero-order valence-electron chi connectivity index (χ0n) is 12.8. The van der Waals surface area contributed by atoms with Gasteiger partial charge in [-0.25, -0.2) is 4.98 Å². The molecule has 24 heavy (non-hydrogen) atoms. The number of anilines is 3. The lowest BCUT2D eigenvalue weighted by Gasteiger charge is -2.09. The van der Waals surface area contributed by atoms with Gasteiger partial charge in [-0.1, -0.05) is 6.07 Å². The van der Waals surface area contributed by atoms with E-state index in [1.165, 1.54) is 12.1 Å². The molecule has 0 spiro atoms. The van der Waals surface area contributed by atoms with Gasteiger partial charge < -0.3 is 10.6 Å². The van der Waals surface area contributed by atoms with E-state index in [2.05, 4.69) is 25.6 Å². The van der Waals surface area contributed by atoms with Crippen LogP contribution in [0.4, 0.5) is 23.1 Å². The van der Waals surface area contributed by atoms with Gasteiger partial charge in [0.05, 0.1) is 16.3 Å². The van der Waals surface area contributed by atoms with Crippen molar-refractivity contribution in [2.45, 2.75) is 0 Å². The van der Waals surface area contributed by atoms with Gasteiger partial charge >= 0.3 is 0 Å². The molecule has 0 atom stereocenters. The van der Waals surface area contributed by atoms with Gasteiger partial charge in [0.15, 0.2) is 0 Å². The Morgan fingerprint density at radius 2 is 1.83 bits per heavy atom. The molecule has 3 rings (SSSR count). The van der Waals surface area contributed by atoms with Crippen molar-refractivity contribution in [2.75, 3.05) is 17.7 Å². The lowest BCUT2D eigenvalue weighted by atomic mass is 10.2. The average molecular weight is 322 g/mol. The molecule has 1 aromatic carbocycles. The highest BCUT2D eigenvalue weighted by atomic mass is 16.6. The van der Waals surface area contributed by atoms with Crippen molar-refractivity contribution in [1.29, 1.82) is 0 Å². The maximum atomic E-state index is 10.7. The molecule has 0 saturated heterocycles. The molecule has 2 N–H and O–H groups in total. The monoisotopic (exact) mass is 322 g/mol.